The molecule has 4 aromatic carbocycles. The van der Waals surface area contributed by atoms with Crippen LogP contribution in [0.5, 0.6) is 17.2 Å². The molecule has 0 unspecified atom stereocenters. The molecule has 1 fully saturated rings. The number of non-ortho nitro benzene ring substituents is 1. The molecule has 0 aliphatic carbocycles. The van der Waals surface area contributed by atoms with Gasteiger partial charge in [-0.15, -0.1) is 0 Å². The van der Waals surface area contributed by atoms with Crippen LogP contribution in [0.4, 0.5) is 21.9 Å². The van der Waals surface area contributed by atoms with Crippen LogP contribution in [0.2, 0.25) is 10.0 Å². The first-order valence-electron chi connectivity index (χ1n) is 12.8. The zero-order chi connectivity index (χ0) is 32.2. The maximum atomic E-state index is 13.5. The highest BCUT2D eigenvalue weighted by molar-refractivity contribution is 6.40. The van der Waals surface area contributed by atoms with Gasteiger partial charge in [0, 0.05) is 16.7 Å². The number of benzene rings is 4. The summed E-state index contributed by atoms with van der Waals surface area (Å²) >= 11 is 12.5. The molecule has 0 bridgehead atoms. The average molecular weight is 649 g/mol. The van der Waals surface area contributed by atoms with Crippen LogP contribution in [0.1, 0.15) is 11.1 Å². The normalized spacial score (nSPS) is 13.9. The van der Waals surface area contributed by atoms with E-state index in [0.29, 0.717) is 18.4 Å². The van der Waals surface area contributed by atoms with Crippen LogP contribution in [0.3, 0.4) is 0 Å². The maximum Gasteiger partial charge on any atom is 0.335 e. The summed E-state index contributed by atoms with van der Waals surface area (Å²) in [7, 11) is 0. The minimum Gasteiger partial charge on any atom is -0.489 e. The van der Waals surface area contributed by atoms with Gasteiger partial charge in [0.2, 0.25) is 5.75 Å². The van der Waals surface area contributed by atoms with Gasteiger partial charge in [-0.25, -0.2) is 9.69 Å². The van der Waals surface area contributed by atoms with Gasteiger partial charge in [-0.2, -0.15) is 0 Å². The summed E-state index contributed by atoms with van der Waals surface area (Å²) in [4.78, 5) is 60.9. The third-order valence-corrected chi connectivity index (χ3v) is 6.84. The first-order valence-corrected chi connectivity index (χ1v) is 13.6. The lowest BCUT2D eigenvalue weighted by Gasteiger charge is -2.26. The molecule has 1 aliphatic heterocycles. The van der Waals surface area contributed by atoms with Gasteiger partial charge in [-0.1, -0.05) is 53.5 Å². The summed E-state index contributed by atoms with van der Waals surface area (Å²) in [6.07, 6.45) is 1.05. The van der Waals surface area contributed by atoms with Crippen molar-refractivity contribution >= 4 is 64.2 Å². The Hall–Kier alpha value is -5.79. The number of ether oxygens (including phenoxy) is 2. The summed E-state index contributed by atoms with van der Waals surface area (Å²) in [5, 5.41) is 24.7. The summed E-state index contributed by atoms with van der Waals surface area (Å²) in [6.45, 7) is 0.292. The highest BCUT2D eigenvalue weighted by Gasteiger charge is 2.37. The monoisotopic (exact) mass is 648 g/mol. The van der Waals surface area contributed by atoms with Crippen LogP contribution in [0.25, 0.3) is 6.08 Å². The van der Waals surface area contributed by atoms with Gasteiger partial charge in [0.05, 0.1) is 26.6 Å². The van der Waals surface area contributed by atoms with E-state index in [-0.39, 0.29) is 27.0 Å². The van der Waals surface area contributed by atoms with Crippen molar-refractivity contribution in [3.8, 4) is 17.2 Å². The number of hydrogen-bond donors (Lipinski definition) is 1. The molecule has 1 heterocycles. The third kappa shape index (κ3) is 6.74. The average Bonchev–Trinajstić information content (AvgIpc) is 3.00. The predicted molar refractivity (Wildman–Crippen MR) is 163 cm³/mol. The third-order valence-electron chi connectivity index (χ3n) is 6.34. The quantitative estimate of drug-likeness (QED) is 0.0881. The Morgan fingerprint density at radius 1 is 0.867 bits per heavy atom. The first kappa shape index (κ1) is 30.7. The number of nitro groups is 2. The molecule has 15 heteroatoms. The van der Waals surface area contributed by atoms with Crippen molar-refractivity contribution in [1.82, 2.24) is 5.32 Å². The van der Waals surface area contributed by atoms with Crippen molar-refractivity contribution in [2.45, 2.75) is 6.61 Å². The van der Waals surface area contributed by atoms with Crippen molar-refractivity contribution in [3.63, 3.8) is 0 Å². The molecule has 1 aliphatic rings. The van der Waals surface area contributed by atoms with E-state index in [4.69, 9.17) is 32.7 Å². The molecule has 1 N–H and O–H groups in total. The van der Waals surface area contributed by atoms with Crippen molar-refractivity contribution in [2.24, 2.45) is 0 Å². The van der Waals surface area contributed by atoms with Crippen molar-refractivity contribution < 1.29 is 33.7 Å². The van der Waals surface area contributed by atoms with Crippen LogP contribution in [-0.4, -0.2) is 27.7 Å². The Morgan fingerprint density at radius 3 is 2.24 bits per heavy atom. The summed E-state index contributed by atoms with van der Waals surface area (Å²) in [5.41, 5.74) is -0.798. The number of urea groups is 1. The summed E-state index contributed by atoms with van der Waals surface area (Å²) < 4.78 is 11.4. The van der Waals surface area contributed by atoms with Gasteiger partial charge < -0.3 is 9.47 Å². The van der Waals surface area contributed by atoms with Crippen molar-refractivity contribution in [2.75, 3.05) is 4.90 Å². The zero-order valence-electron chi connectivity index (χ0n) is 22.6. The maximum absolute atomic E-state index is 13.5. The van der Waals surface area contributed by atoms with Gasteiger partial charge in [-0.3, -0.25) is 35.1 Å². The van der Waals surface area contributed by atoms with E-state index >= 15 is 0 Å². The molecule has 0 radical (unpaired) electrons. The van der Waals surface area contributed by atoms with E-state index < -0.39 is 50.4 Å². The van der Waals surface area contributed by atoms with Gasteiger partial charge in [0.15, 0.2) is 5.75 Å². The lowest BCUT2D eigenvalue weighted by atomic mass is 10.1. The molecule has 4 amide bonds. The van der Waals surface area contributed by atoms with E-state index in [1.165, 1.54) is 24.3 Å². The number of nitro benzene ring substituents is 2. The van der Waals surface area contributed by atoms with E-state index in [0.717, 1.165) is 28.7 Å². The van der Waals surface area contributed by atoms with Crippen LogP contribution in [0.15, 0.2) is 90.5 Å². The second kappa shape index (κ2) is 12.8. The molecule has 1 saturated heterocycles. The van der Waals surface area contributed by atoms with Crippen molar-refractivity contribution in [3.05, 3.63) is 132 Å². The number of anilines is 1. The fourth-order valence-corrected chi connectivity index (χ4v) is 4.78. The number of carbonyl (C=O) groups excluding carboxylic acids is 3. The number of imide groups is 2. The van der Waals surface area contributed by atoms with E-state index in [1.807, 2.05) is 30.3 Å². The number of amides is 4. The van der Waals surface area contributed by atoms with Crippen LogP contribution in [-0.2, 0) is 16.2 Å². The van der Waals surface area contributed by atoms with Gasteiger partial charge in [0.1, 0.15) is 17.9 Å². The molecule has 0 aromatic heterocycles. The minimum atomic E-state index is -1.03. The molecule has 4 aromatic rings. The predicted octanol–water partition coefficient (Wildman–Crippen LogP) is 6.85. The number of carbonyl (C=O) groups is 3. The Bertz CT molecular complexity index is 1900. The minimum absolute atomic E-state index is 0.0556. The fraction of sp³-hybridized carbons (Fsp3) is 0.0333. The molecular formula is C30H18Cl2N4O9. The number of halogens is 2. The largest absolute Gasteiger partial charge is 0.489 e. The number of rotatable bonds is 9. The Balaban J connectivity index is 1.46. The fourth-order valence-electron chi connectivity index (χ4n) is 4.23. The van der Waals surface area contributed by atoms with Crippen LogP contribution in [0, 0.1) is 20.2 Å². The van der Waals surface area contributed by atoms with E-state index in [2.05, 4.69) is 5.32 Å². The van der Waals surface area contributed by atoms with Crippen LogP contribution >= 0.6 is 23.2 Å². The summed E-state index contributed by atoms with van der Waals surface area (Å²) in [5.74, 6) is -2.23. The second-order valence-electron chi connectivity index (χ2n) is 9.30. The topological polar surface area (TPSA) is 171 Å². The Morgan fingerprint density at radius 2 is 1.58 bits per heavy atom. The number of nitrogens with one attached hydrogen (secondary N) is 1. The molecule has 0 saturated carbocycles. The highest BCUT2D eigenvalue weighted by atomic mass is 35.5. The highest BCUT2D eigenvalue weighted by Crippen LogP contribution is 2.41. The first-order chi connectivity index (χ1) is 21.5. The molecule has 45 heavy (non-hydrogen) atoms. The zero-order valence-corrected chi connectivity index (χ0v) is 24.2. The molecule has 13 nitrogen and oxygen atoms in total. The van der Waals surface area contributed by atoms with E-state index in [9.17, 15) is 34.6 Å². The van der Waals surface area contributed by atoms with Gasteiger partial charge >= 0.3 is 11.7 Å². The smallest absolute Gasteiger partial charge is 0.335 e. The van der Waals surface area contributed by atoms with Crippen molar-refractivity contribution in [1.29, 1.82) is 0 Å². The number of hydrogen-bond acceptors (Lipinski definition) is 9. The SMILES string of the molecule is O=C1NC(=O)N(c2ccc(OCc3ccccc3)cc2)C(=O)/C1=C/c1cc(Cl)cc(Cl)c1Oc1ccc([N+](=O)[O-])cc1[N+](=O)[O-]. The van der Waals surface area contributed by atoms with Crippen LogP contribution < -0.4 is 19.7 Å². The second-order valence-corrected chi connectivity index (χ2v) is 10.1. The van der Waals surface area contributed by atoms with Gasteiger partial charge in [-0.05, 0) is 54.1 Å². The number of nitrogens with zero attached hydrogens (tertiary/aromatic N) is 3. The molecular weight excluding hydrogens is 631 g/mol. The molecule has 0 spiro atoms. The summed E-state index contributed by atoms with van der Waals surface area (Å²) in [6, 6.07) is 19.7. The molecule has 226 valence electrons. The van der Waals surface area contributed by atoms with E-state index in [1.54, 1.807) is 12.1 Å². The lowest BCUT2D eigenvalue weighted by molar-refractivity contribution is -0.394. The Kier molecular flexibility index (Phi) is 8.74. The molecule has 0 atom stereocenters. The molecule has 5 rings (SSSR count). The lowest BCUT2D eigenvalue weighted by Crippen LogP contribution is -2.54. The Labute approximate surface area is 263 Å². The standard InChI is InChI=1S/C30H18Cl2N4O9/c31-19-12-18(27(24(32)14-19)45-26-11-8-21(35(40)41)15-25(26)36(42)43)13-23-28(37)33-30(39)34(29(23)38)20-6-9-22(10-7-20)44-16-17-4-2-1-3-5-17/h1-15H,16H2,(H,33,37,39)/b23-13+. The van der Waals surface area contributed by atoms with Gasteiger partial charge in [0.25, 0.3) is 17.5 Å². The number of barbiturate groups is 1.